The molecule has 1 aromatic heterocycles. The number of aliphatic imine (C=N–C) groups is 1. The van der Waals surface area contributed by atoms with Gasteiger partial charge in [0.1, 0.15) is 18.3 Å². The van der Waals surface area contributed by atoms with E-state index < -0.39 is 0 Å². The molecule has 2 atom stereocenters. The number of carbonyl (C=O) groups is 1. The van der Waals surface area contributed by atoms with E-state index in [0.29, 0.717) is 18.3 Å². The standard InChI is InChI=1S/C24H34N6O2/c1-15-11-12-18-17(13-15)22(30-23(28-18)24(31)26-16-7-3-4-8-16)29-20-10-6-5-9-19(20)27-21(25)14-32-2/h11-13,16,19-20H,3-10,14H2,1-2H3,(H2,25,27)(H,26,31)(H,28,29,30)/t19-,20+/m1/s1. The highest BCUT2D eigenvalue weighted by atomic mass is 16.5. The lowest BCUT2D eigenvalue weighted by atomic mass is 9.90. The van der Waals surface area contributed by atoms with E-state index in [1.165, 1.54) is 0 Å². The van der Waals surface area contributed by atoms with Crippen molar-refractivity contribution in [1.29, 1.82) is 0 Å². The van der Waals surface area contributed by atoms with E-state index in [1.807, 2.05) is 19.1 Å². The number of aromatic nitrogens is 2. The highest BCUT2D eigenvalue weighted by molar-refractivity contribution is 5.96. The predicted molar refractivity (Wildman–Crippen MR) is 127 cm³/mol. The zero-order chi connectivity index (χ0) is 22.5. The molecule has 0 radical (unpaired) electrons. The van der Waals surface area contributed by atoms with Crippen molar-refractivity contribution in [2.45, 2.75) is 76.4 Å². The Bertz CT molecular complexity index is 986. The van der Waals surface area contributed by atoms with E-state index in [1.54, 1.807) is 7.11 Å². The first-order valence-electron chi connectivity index (χ1n) is 11.7. The van der Waals surface area contributed by atoms with E-state index in [9.17, 15) is 4.79 Å². The number of carbonyl (C=O) groups excluding carboxylic acids is 1. The molecule has 0 aliphatic heterocycles. The summed E-state index contributed by atoms with van der Waals surface area (Å²) in [5.74, 6) is 1.20. The molecule has 1 heterocycles. The van der Waals surface area contributed by atoms with E-state index >= 15 is 0 Å². The first-order valence-corrected chi connectivity index (χ1v) is 11.7. The van der Waals surface area contributed by atoms with E-state index in [-0.39, 0.29) is 29.9 Å². The van der Waals surface area contributed by atoms with Gasteiger partial charge in [0, 0.05) is 24.6 Å². The van der Waals surface area contributed by atoms with Crippen LogP contribution in [0.3, 0.4) is 0 Å². The summed E-state index contributed by atoms with van der Waals surface area (Å²) in [6.07, 6.45) is 8.52. The lowest BCUT2D eigenvalue weighted by Crippen LogP contribution is -2.38. The fourth-order valence-electron chi connectivity index (χ4n) is 4.78. The number of amidine groups is 1. The number of anilines is 1. The smallest absolute Gasteiger partial charge is 0.289 e. The van der Waals surface area contributed by atoms with Gasteiger partial charge >= 0.3 is 0 Å². The molecule has 0 spiro atoms. The molecular weight excluding hydrogens is 404 g/mol. The number of nitrogens with zero attached hydrogens (tertiary/aromatic N) is 3. The van der Waals surface area contributed by atoms with Crippen molar-refractivity contribution in [3.63, 3.8) is 0 Å². The highest BCUT2D eigenvalue weighted by Gasteiger charge is 2.27. The van der Waals surface area contributed by atoms with Gasteiger partial charge in [-0.15, -0.1) is 0 Å². The molecule has 8 heteroatoms. The van der Waals surface area contributed by atoms with Crippen LogP contribution >= 0.6 is 0 Å². The number of rotatable bonds is 7. The zero-order valence-electron chi connectivity index (χ0n) is 19.1. The maximum absolute atomic E-state index is 12.9. The van der Waals surface area contributed by atoms with E-state index in [0.717, 1.165) is 67.8 Å². The minimum atomic E-state index is -0.204. The number of hydrogen-bond acceptors (Lipinski definition) is 6. The summed E-state index contributed by atoms with van der Waals surface area (Å²) in [6.45, 7) is 2.37. The Balaban J connectivity index is 1.64. The number of hydrogen-bond donors (Lipinski definition) is 3. The molecule has 4 N–H and O–H groups in total. The minimum Gasteiger partial charge on any atom is -0.386 e. The maximum atomic E-state index is 12.9. The zero-order valence-corrected chi connectivity index (χ0v) is 19.1. The van der Waals surface area contributed by atoms with Gasteiger partial charge in [0.2, 0.25) is 5.82 Å². The highest BCUT2D eigenvalue weighted by Crippen LogP contribution is 2.28. The molecule has 2 aliphatic carbocycles. The van der Waals surface area contributed by atoms with E-state index in [4.69, 9.17) is 15.5 Å². The fourth-order valence-corrected chi connectivity index (χ4v) is 4.78. The lowest BCUT2D eigenvalue weighted by Gasteiger charge is -2.30. The number of benzene rings is 1. The maximum Gasteiger partial charge on any atom is 0.289 e. The van der Waals surface area contributed by atoms with Gasteiger partial charge in [0.25, 0.3) is 5.91 Å². The SMILES string of the molecule is COCC(N)=N[C@@H]1CCCC[C@@H]1Nc1nc(C(=O)NC2CCCC2)nc2ccc(C)cc12. The molecule has 2 aromatic rings. The molecular formula is C24H34N6O2. The third-order valence-corrected chi connectivity index (χ3v) is 6.42. The Morgan fingerprint density at radius 3 is 2.69 bits per heavy atom. The number of methoxy groups -OCH3 is 1. The Hall–Kier alpha value is -2.74. The third-order valence-electron chi connectivity index (χ3n) is 6.42. The van der Waals surface area contributed by atoms with Crippen LogP contribution in [0, 0.1) is 6.92 Å². The summed E-state index contributed by atoms with van der Waals surface area (Å²) in [4.78, 5) is 26.9. The number of amides is 1. The van der Waals surface area contributed by atoms with E-state index in [2.05, 4.69) is 26.7 Å². The predicted octanol–water partition coefficient (Wildman–Crippen LogP) is 3.34. The molecule has 4 rings (SSSR count). The molecule has 0 saturated heterocycles. The minimum absolute atomic E-state index is 0.0458. The number of nitrogens with one attached hydrogen (secondary N) is 2. The van der Waals surface area contributed by atoms with Crippen LogP contribution < -0.4 is 16.4 Å². The molecule has 0 unspecified atom stereocenters. The average molecular weight is 439 g/mol. The fraction of sp³-hybridized carbons (Fsp3) is 0.583. The van der Waals surface area contributed by atoms with Crippen LogP contribution in [-0.4, -0.2) is 53.6 Å². The Kier molecular flexibility index (Phi) is 7.19. The second kappa shape index (κ2) is 10.3. The van der Waals surface area contributed by atoms with Gasteiger partial charge in [-0.2, -0.15) is 0 Å². The summed E-state index contributed by atoms with van der Waals surface area (Å²) < 4.78 is 5.12. The van der Waals surface area contributed by atoms with Crippen LogP contribution in [-0.2, 0) is 4.74 Å². The first-order chi connectivity index (χ1) is 15.5. The number of aryl methyl sites for hydroxylation is 1. The average Bonchev–Trinajstić information content (AvgIpc) is 3.28. The number of fused-ring (bicyclic) bond motifs is 1. The quantitative estimate of drug-likeness (QED) is 0.451. The lowest BCUT2D eigenvalue weighted by molar-refractivity contribution is 0.0928. The van der Waals surface area contributed by atoms with Gasteiger partial charge < -0.3 is 21.1 Å². The van der Waals surface area contributed by atoms with Gasteiger partial charge in [-0.1, -0.05) is 37.3 Å². The summed E-state index contributed by atoms with van der Waals surface area (Å²) >= 11 is 0. The molecule has 1 aromatic carbocycles. The number of nitrogens with two attached hydrogens (primary N) is 1. The normalized spacial score (nSPS) is 22.2. The largest absolute Gasteiger partial charge is 0.386 e. The van der Waals surface area contributed by atoms with Crippen molar-refractivity contribution < 1.29 is 9.53 Å². The van der Waals surface area contributed by atoms with Crippen LogP contribution in [0.15, 0.2) is 23.2 Å². The van der Waals surface area contributed by atoms with Crippen molar-refractivity contribution in [1.82, 2.24) is 15.3 Å². The second-order valence-electron chi connectivity index (χ2n) is 9.03. The summed E-state index contributed by atoms with van der Waals surface area (Å²) in [5.41, 5.74) is 7.92. The van der Waals surface area contributed by atoms with Crippen LogP contribution in [0.25, 0.3) is 10.9 Å². The van der Waals surface area contributed by atoms with Gasteiger partial charge in [-0.3, -0.25) is 9.79 Å². The monoisotopic (exact) mass is 438 g/mol. The van der Waals surface area contributed by atoms with Gasteiger partial charge in [0.15, 0.2) is 0 Å². The molecule has 32 heavy (non-hydrogen) atoms. The summed E-state index contributed by atoms with van der Waals surface area (Å²) in [6, 6.07) is 6.38. The van der Waals surface area contributed by atoms with Gasteiger partial charge in [-0.25, -0.2) is 9.97 Å². The van der Waals surface area contributed by atoms with Crippen LogP contribution in [0.4, 0.5) is 5.82 Å². The molecule has 2 fully saturated rings. The van der Waals surface area contributed by atoms with Crippen LogP contribution in [0.2, 0.25) is 0 Å². The van der Waals surface area contributed by atoms with Crippen LogP contribution in [0.5, 0.6) is 0 Å². The van der Waals surface area contributed by atoms with Crippen molar-refractivity contribution >= 4 is 28.5 Å². The molecule has 2 saturated carbocycles. The molecule has 1 amide bonds. The molecule has 172 valence electrons. The van der Waals surface area contributed by atoms with Crippen molar-refractivity contribution in [2.24, 2.45) is 10.7 Å². The number of ether oxygens (including phenoxy) is 1. The van der Waals surface area contributed by atoms with Gasteiger partial charge in [0.05, 0.1) is 11.6 Å². The third kappa shape index (κ3) is 5.35. The Morgan fingerprint density at radius 2 is 1.91 bits per heavy atom. The Labute approximate surface area is 189 Å². The van der Waals surface area contributed by atoms with Crippen molar-refractivity contribution in [3.05, 3.63) is 29.6 Å². The second-order valence-corrected chi connectivity index (χ2v) is 9.03. The molecule has 2 aliphatic rings. The summed E-state index contributed by atoms with van der Waals surface area (Å²) in [5, 5.41) is 7.63. The van der Waals surface area contributed by atoms with Crippen molar-refractivity contribution in [3.8, 4) is 0 Å². The topological polar surface area (TPSA) is 115 Å². The summed E-state index contributed by atoms with van der Waals surface area (Å²) in [7, 11) is 1.62. The molecule has 0 bridgehead atoms. The van der Waals surface area contributed by atoms with Crippen molar-refractivity contribution in [2.75, 3.05) is 19.0 Å². The first kappa shape index (κ1) is 22.5. The van der Waals surface area contributed by atoms with Crippen LogP contribution in [0.1, 0.15) is 67.5 Å². The molecule has 8 nitrogen and oxygen atoms in total. The van der Waals surface area contributed by atoms with Gasteiger partial charge in [-0.05, 0) is 44.7 Å². The Morgan fingerprint density at radius 1 is 1.16 bits per heavy atom.